The first-order valence-corrected chi connectivity index (χ1v) is 6.87. The number of ether oxygens (including phenoxy) is 1. The second-order valence-corrected chi connectivity index (χ2v) is 5.27. The quantitative estimate of drug-likeness (QED) is 0.855. The molecule has 0 aliphatic carbocycles. The summed E-state index contributed by atoms with van der Waals surface area (Å²) in [4.78, 5) is 12.6. The lowest BCUT2D eigenvalue weighted by atomic mass is 10.2. The monoisotopic (exact) mass is 283 g/mol. The van der Waals surface area contributed by atoms with Crippen LogP contribution >= 0.6 is 22.9 Å². The largest absolute Gasteiger partial charge is 0.385 e. The number of methoxy groups -OCH3 is 1. The van der Waals surface area contributed by atoms with E-state index in [0.29, 0.717) is 23.1 Å². The first-order valence-electron chi connectivity index (χ1n) is 5.68. The number of rotatable bonds is 5. The van der Waals surface area contributed by atoms with Gasteiger partial charge in [0.05, 0.1) is 5.02 Å². The molecule has 0 aliphatic rings. The van der Waals surface area contributed by atoms with Crippen LogP contribution in [0.4, 0.5) is 0 Å². The van der Waals surface area contributed by atoms with E-state index in [9.17, 15) is 4.79 Å². The van der Waals surface area contributed by atoms with Gasteiger partial charge in [0.25, 0.3) is 5.91 Å². The molecular weight excluding hydrogens is 270 g/mol. The highest BCUT2D eigenvalue weighted by Crippen LogP contribution is 2.34. The van der Waals surface area contributed by atoms with Gasteiger partial charge in [-0.05, 0) is 12.5 Å². The molecule has 0 aliphatic heterocycles. The normalized spacial score (nSPS) is 10.8. The highest BCUT2D eigenvalue weighted by Gasteiger charge is 2.16. The first kappa shape index (κ1) is 13.3. The van der Waals surface area contributed by atoms with Gasteiger partial charge in [0.1, 0.15) is 4.88 Å². The number of hydrogen-bond donors (Lipinski definition) is 1. The van der Waals surface area contributed by atoms with E-state index in [1.807, 2.05) is 24.3 Å². The molecule has 0 saturated heterocycles. The van der Waals surface area contributed by atoms with E-state index < -0.39 is 0 Å². The maximum atomic E-state index is 12.0. The molecule has 2 rings (SSSR count). The summed E-state index contributed by atoms with van der Waals surface area (Å²) in [6.45, 7) is 1.23. The van der Waals surface area contributed by atoms with Gasteiger partial charge in [0, 0.05) is 30.3 Å². The van der Waals surface area contributed by atoms with Crippen molar-refractivity contribution in [2.24, 2.45) is 0 Å². The van der Waals surface area contributed by atoms with E-state index in [4.69, 9.17) is 16.3 Å². The lowest BCUT2D eigenvalue weighted by molar-refractivity contribution is 0.0953. The Morgan fingerprint density at radius 1 is 1.44 bits per heavy atom. The molecule has 2 aromatic rings. The molecule has 0 atom stereocenters. The molecule has 5 heteroatoms. The molecule has 18 heavy (non-hydrogen) atoms. The van der Waals surface area contributed by atoms with Gasteiger partial charge in [0.15, 0.2) is 0 Å². The van der Waals surface area contributed by atoms with Crippen molar-refractivity contribution in [2.45, 2.75) is 6.42 Å². The summed E-state index contributed by atoms with van der Waals surface area (Å²) in [5.74, 6) is -0.114. The van der Waals surface area contributed by atoms with Gasteiger partial charge in [-0.3, -0.25) is 4.79 Å². The van der Waals surface area contributed by atoms with Gasteiger partial charge >= 0.3 is 0 Å². The summed E-state index contributed by atoms with van der Waals surface area (Å²) in [5, 5.41) is 4.32. The van der Waals surface area contributed by atoms with Crippen LogP contribution in [-0.4, -0.2) is 26.2 Å². The van der Waals surface area contributed by atoms with Crippen LogP contribution in [0.5, 0.6) is 0 Å². The number of nitrogens with one attached hydrogen (secondary N) is 1. The zero-order chi connectivity index (χ0) is 13.0. The zero-order valence-electron chi connectivity index (χ0n) is 10.0. The Balaban J connectivity index is 2.10. The van der Waals surface area contributed by atoms with Gasteiger partial charge in [0.2, 0.25) is 0 Å². The molecule has 1 N–H and O–H groups in total. The van der Waals surface area contributed by atoms with Crippen molar-refractivity contribution in [1.82, 2.24) is 5.32 Å². The average molecular weight is 284 g/mol. The number of carbonyl (C=O) groups is 1. The first-order chi connectivity index (χ1) is 8.74. The number of fused-ring (bicyclic) bond motifs is 1. The number of halogens is 1. The van der Waals surface area contributed by atoms with Crippen LogP contribution in [0.1, 0.15) is 16.1 Å². The summed E-state index contributed by atoms with van der Waals surface area (Å²) in [7, 11) is 1.64. The lowest BCUT2D eigenvalue weighted by Gasteiger charge is -2.03. The number of thiophene rings is 1. The highest BCUT2D eigenvalue weighted by atomic mass is 35.5. The van der Waals surface area contributed by atoms with Crippen molar-refractivity contribution in [3.63, 3.8) is 0 Å². The van der Waals surface area contributed by atoms with Crippen LogP contribution in [0.15, 0.2) is 24.3 Å². The maximum absolute atomic E-state index is 12.0. The molecule has 0 bridgehead atoms. The summed E-state index contributed by atoms with van der Waals surface area (Å²) >= 11 is 7.64. The minimum atomic E-state index is -0.114. The average Bonchev–Trinajstić information content (AvgIpc) is 2.73. The smallest absolute Gasteiger partial charge is 0.262 e. The van der Waals surface area contributed by atoms with E-state index in [1.165, 1.54) is 11.3 Å². The Kier molecular flexibility index (Phi) is 4.58. The summed E-state index contributed by atoms with van der Waals surface area (Å²) in [6, 6.07) is 7.75. The molecule has 0 radical (unpaired) electrons. The van der Waals surface area contributed by atoms with E-state index in [-0.39, 0.29) is 5.91 Å². The molecule has 0 unspecified atom stereocenters. The SMILES string of the molecule is COCCCNC(=O)c1sc2ccccc2c1Cl. The standard InChI is InChI=1S/C13H14ClNO2S/c1-17-8-4-7-15-13(16)12-11(14)9-5-2-3-6-10(9)18-12/h2-3,5-6H,4,7-8H2,1H3,(H,15,16). The number of amides is 1. The van der Waals surface area contributed by atoms with Crippen LogP contribution in [0.3, 0.4) is 0 Å². The molecule has 1 aromatic carbocycles. The van der Waals surface area contributed by atoms with Crippen molar-refractivity contribution >= 4 is 38.9 Å². The highest BCUT2D eigenvalue weighted by molar-refractivity contribution is 7.21. The van der Waals surface area contributed by atoms with E-state index in [1.54, 1.807) is 7.11 Å². The molecule has 1 heterocycles. The molecule has 0 fully saturated rings. The summed E-state index contributed by atoms with van der Waals surface area (Å²) in [6.07, 6.45) is 0.796. The van der Waals surface area contributed by atoms with Crippen LogP contribution in [0, 0.1) is 0 Å². The molecular formula is C13H14ClNO2S. The molecule has 0 saturated carbocycles. The van der Waals surface area contributed by atoms with Gasteiger partial charge in [-0.2, -0.15) is 0 Å². The Bertz CT molecular complexity index is 553. The van der Waals surface area contributed by atoms with E-state index >= 15 is 0 Å². The third kappa shape index (κ3) is 2.83. The molecule has 3 nitrogen and oxygen atoms in total. The van der Waals surface area contributed by atoms with Crippen molar-refractivity contribution in [3.8, 4) is 0 Å². The topological polar surface area (TPSA) is 38.3 Å². The van der Waals surface area contributed by atoms with Crippen LogP contribution in [0.25, 0.3) is 10.1 Å². The molecule has 1 amide bonds. The van der Waals surface area contributed by atoms with Crippen molar-refractivity contribution < 1.29 is 9.53 Å². The summed E-state index contributed by atoms with van der Waals surface area (Å²) in [5.41, 5.74) is 0. The van der Waals surface area contributed by atoms with Gasteiger partial charge < -0.3 is 10.1 Å². The number of carbonyl (C=O) groups excluding carboxylic acids is 1. The van der Waals surface area contributed by atoms with Crippen molar-refractivity contribution in [1.29, 1.82) is 0 Å². The van der Waals surface area contributed by atoms with E-state index in [0.717, 1.165) is 16.5 Å². The molecule has 0 spiro atoms. The van der Waals surface area contributed by atoms with Crippen molar-refractivity contribution in [2.75, 3.05) is 20.3 Å². The minimum absolute atomic E-state index is 0.114. The predicted octanol–water partition coefficient (Wildman–Crippen LogP) is 3.32. The molecule has 1 aromatic heterocycles. The second kappa shape index (κ2) is 6.18. The molecule has 96 valence electrons. The lowest BCUT2D eigenvalue weighted by Crippen LogP contribution is -2.24. The Hall–Kier alpha value is -1.10. The van der Waals surface area contributed by atoms with Crippen molar-refractivity contribution in [3.05, 3.63) is 34.2 Å². The second-order valence-electron chi connectivity index (χ2n) is 3.84. The van der Waals surface area contributed by atoms with Gasteiger partial charge in [-0.15, -0.1) is 11.3 Å². The Labute approximate surface area is 115 Å². The fourth-order valence-corrected chi connectivity index (χ4v) is 3.09. The zero-order valence-corrected chi connectivity index (χ0v) is 11.6. The third-order valence-electron chi connectivity index (χ3n) is 2.55. The van der Waals surface area contributed by atoms with Gasteiger partial charge in [-0.25, -0.2) is 0 Å². The Morgan fingerprint density at radius 3 is 2.94 bits per heavy atom. The van der Waals surface area contributed by atoms with E-state index in [2.05, 4.69) is 5.32 Å². The minimum Gasteiger partial charge on any atom is -0.385 e. The predicted molar refractivity (Wildman–Crippen MR) is 75.7 cm³/mol. The number of benzene rings is 1. The fourth-order valence-electron chi connectivity index (χ4n) is 1.66. The third-order valence-corrected chi connectivity index (χ3v) is 4.23. The Morgan fingerprint density at radius 2 is 2.22 bits per heavy atom. The van der Waals surface area contributed by atoms with Crippen LogP contribution in [-0.2, 0) is 4.74 Å². The number of hydrogen-bond acceptors (Lipinski definition) is 3. The van der Waals surface area contributed by atoms with Crippen LogP contribution < -0.4 is 5.32 Å². The fraction of sp³-hybridized carbons (Fsp3) is 0.308. The maximum Gasteiger partial charge on any atom is 0.262 e. The van der Waals surface area contributed by atoms with Crippen LogP contribution in [0.2, 0.25) is 5.02 Å². The summed E-state index contributed by atoms with van der Waals surface area (Å²) < 4.78 is 5.96. The van der Waals surface area contributed by atoms with Gasteiger partial charge in [-0.1, -0.05) is 29.8 Å².